The highest BCUT2D eigenvalue weighted by Crippen LogP contribution is 2.33. The number of hydrogen-bond acceptors (Lipinski definition) is 4. The molecule has 1 aromatic rings. The van der Waals surface area contributed by atoms with Crippen LogP contribution in [0.15, 0.2) is 12.1 Å². The van der Waals surface area contributed by atoms with Gasteiger partial charge in [-0.25, -0.2) is 0 Å². The standard InChI is InChI=1S/C17H25Cl2N3O/c1-20-5-7-22(8-6-20)15-3-4-21(12-15)11-13-9-14(18)10-16(19)17(13)23-2/h9-10,15H,3-8,11-12H2,1-2H3/t15-/m0/s1. The van der Waals surface area contributed by atoms with Crippen LogP contribution in [-0.2, 0) is 6.54 Å². The number of likely N-dealkylation sites (N-methyl/N-ethyl adjacent to an activating group) is 1. The highest BCUT2D eigenvalue weighted by molar-refractivity contribution is 6.35. The summed E-state index contributed by atoms with van der Waals surface area (Å²) in [5, 5.41) is 1.26. The van der Waals surface area contributed by atoms with E-state index in [1.807, 2.05) is 6.07 Å². The summed E-state index contributed by atoms with van der Waals surface area (Å²) in [5.41, 5.74) is 1.07. The van der Waals surface area contributed by atoms with E-state index >= 15 is 0 Å². The van der Waals surface area contributed by atoms with Crippen LogP contribution >= 0.6 is 23.2 Å². The average molecular weight is 358 g/mol. The summed E-state index contributed by atoms with van der Waals surface area (Å²) in [6, 6.07) is 4.38. The van der Waals surface area contributed by atoms with Gasteiger partial charge in [0.05, 0.1) is 12.1 Å². The first-order valence-corrected chi connectivity index (χ1v) is 8.99. The number of ether oxygens (including phenoxy) is 1. The second-order valence-corrected chi connectivity index (χ2v) is 7.44. The number of hydrogen-bond donors (Lipinski definition) is 0. The Hall–Kier alpha value is -0.520. The van der Waals surface area contributed by atoms with Crippen LogP contribution in [0.25, 0.3) is 0 Å². The molecule has 2 aliphatic rings. The Balaban J connectivity index is 1.62. The second kappa shape index (κ2) is 7.58. The Bertz CT molecular complexity index is 547. The minimum absolute atomic E-state index is 0.588. The number of rotatable bonds is 4. The molecule has 2 saturated heterocycles. The fourth-order valence-corrected chi connectivity index (χ4v) is 4.25. The van der Waals surface area contributed by atoms with Crippen molar-refractivity contribution in [2.45, 2.75) is 19.0 Å². The third kappa shape index (κ3) is 4.12. The number of nitrogens with zero attached hydrogens (tertiary/aromatic N) is 3. The first-order valence-electron chi connectivity index (χ1n) is 8.23. The predicted octanol–water partition coefficient (Wildman–Crippen LogP) is 2.82. The zero-order valence-corrected chi connectivity index (χ0v) is 15.4. The molecule has 0 N–H and O–H groups in total. The van der Waals surface area contributed by atoms with Gasteiger partial charge in [-0.05, 0) is 25.6 Å². The third-order valence-electron chi connectivity index (χ3n) is 4.99. The van der Waals surface area contributed by atoms with Crippen LogP contribution in [0.2, 0.25) is 10.0 Å². The number of methoxy groups -OCH3 is 1. The molecule has 1 aromatic carbocycles. The smallest absolute Gasteiger partial charge is 0.142 e. The van der Waals surface area contributed by atoms with Gasteiger partial charge in [-0.2, -0.15) is 0 Å². The molecule has 1 atom stereocenters. The maximum atomic E-state index is 6.24. The van der Waals surface area contributed by atoms with Crippen molar-refractivity contribution in [1.82, 2.24) is 14.7 Å². The molecule has 0 spiro atoms. The van der Waals surface area contributed by atoms with Crippen LogP contribution in [0, 0.1) is 0 Å². The molecule has 0 amide bonds. The first-order chi connectivity index (χ1) is 11.1. The molecule has 0 aromatic heterocycles. The Labute approximate surface area is 148 Å². The molecular weight excluding hydrogens is 333 g/mol. The number of halogens is 2. The summed E-state index contributed by atoms with van der Waals surface area (Å²) in [7, 11) is 3.86. The lowest BCUT2D eigenvalue weighted by atomic mass is 10.2. The largest absolute Gasteiger partial charge is 0.495 e. The van der Waals surface area contributed by atoms with Crippen LogP contribution in [-0.4, -0.2) is 74.2 Å². The molecule has 2 heterocycles. The van der Waals surface area contributed by atoms with Crippen molar-refractivity contribution < 1.29 is 4.74 Å². The van der Waals surface area contributed by atoms with Crippen molar-refractivity contribution in [2.75, 3.05) is 53.4 Å². The molecular formula is C17H25Cl2N3O. The van der Waals surface area contributed by atoms with Gasteiger partial charge in [-0.1, -0.05) is 23.2 Å². The van der Waals surface area contributed by atoms with E-state index in [1.54, 1.807) is 13.2 Å². The highest BCUT2D eigenvalue weighted by Gasteiger charge is 2.29. The van der Waals surface area contributed by atoms with Crippen LogP contribution in [0.1, 0.15) is 12.0 Å². The Morgan fingerprint density at radius 1 is 1.13 bits per heavy atom. The quantitative estimate of drug-likeness (QED) is 0.824. The fraction of sp³-hybridized carbons (Fsp3) is 0.647. The molecule has 23 heavy (non-hydrogen) atoms. The zero-order chi connectivity index (χ0) is 16.4. The molecule has 0 aliphatic carbocycles. The van der Waals surface area contributed by atoms with E-state index in [-0.39, 0.29) is 0 Å². The van der Waals surface area contributed by atoms with Crippen molar-refractivity contribution in [3.8, 4) is 5.75 Å². The molecule has 6 heteroatoms. The lowest BCUT2D eigenvalue weighted by Crippen LogP contribution is -2.49. The number of likely N-dealkylation sites (tertiary alicyclic amines) is 1. The lowest BCUT2D eigenvalue weighted by molar-refractivity contribution is 0.112. The van der Waals surface area contributed by atoms with Crippen molar-refractivity contribution >= 4 is 23.2 Å². The summed E-state index contributed by atoms with van der Waals surface area (Å²) in [6.45, 7) is 7.78. The summed E-state index contributed by atoms with van der Waals surface area (Å²) < 4.78 is 5.46. The van der Waals surface area contributed by atoms with Crippen LogP contribution in [0.3, 0.4) is 0 Å². The van der Waals surface area contributed by atoms with Crippen LogP contribution in [0.5, 0.6) is 5.75 Å². The molecule has 3 rings (SSSR count). The summed E-state index contributed by atoms with van der Waals surface area (Å²) >= 11 is 12.4. The second-order valence-electron chi connectivity index (χ2n) is 6.60. The average Bonchev–Trinajstić information content (AvgIpc) is 2.96. The highest BCUT2D eigenvalue weighted by atomic mass is 35.5. The molecule has 0 unspecified atom stereocenters. The lowest BCUT2D eigenvalue weighted by Gasteiger charge is -2.36. The van der Waals surface area contributed by atoms with Gasteiger partial charge >= 0.3 is 0 Å². The SMILES string of the molecule is COc1c(Cl)cc(Cl)cc1CN1CC[C@H](N2CCN(C)CC2)C1. The van der Waals surface area contributed by atoms with Crippen molar-refractivity contribution in [3.63, 3.8) is 0 Å². The van der Waals surface area contributed by atoms with Gasteiger partial charge in [0.15, 0.2) is 0 Å². The van der Waals surface area contributed by atoms with Gasteiger partial charge in [0.2, 0.25) is 0 Å². The molecule has 0 saturated carbocycles. The molecule has 2 fully saturated rings. The monoisotopic (exact) mass is 357 g/mol. The van der Waals surface area contributed by atoms with Gasteiger partial charge in [0.1, 0.15) is 5.75 Å². The summed E-state index contributed by atoms with van der Waals surface area (Å²) in [5.74, 6) is 0.749. The van der Waals surface area contributed by atoms with Crippen molar-refractivity contribution in [1.29, 1.82) is 0 Å². The molecule has 0 radical (unpaired) electrons. The maximum Gasteiger partial charge on any atom is 0.142 e. The molecule has 4 nitrogen and oxygen atoms in total. The van der Waals surface area contributed by atoms with Gasteiger partial charge < -0.3 is 9.64 Å². The van der Waals surface area contributed by atoms with Crippen LogP contribution in [0.4, 0.5) is 0 Å². The first kappa shape index (κ1) is 17.3. The van der Waals surface area contributed by atoms with E-state index in [9.17, 15) is 0 Å². The number of piperazine rings is 1. The fourth-order valence-electron chi connectivity index (χ4n) is 3.64. The molecule has 2 aliphatic heterocycles. The summed E-state index contributed by atoms with van der Waals surface area (Å²) in [6.07, 6.45) is 1.24. The van der Waals surface area contributed by atoms with Gasteiger partial charge in [-0.15, -0.1) is 0 Å². The van der Waals surface area contributed by atoms with E-state index in [4.69, 9.17) is 27.9 Å². The van der Waals surface area contributed by atoms with Gasteiger partial charge in [-0.3, -0.25) is 9.80 Å². The number of benzene rings is 1. The third-order valence-corrected chi connectivity index (χ3v) is 5.48. The molecule has 0 bridgehead atoms. The Kier molecular flexibility index (Phi) is 5.70. The Morgan fingerprint density at radius 2 is 1.87 bits per heavy atom. The van der Waals surface area contributed by atoms with E-state index < -0.39 is 0 Å². The van der Waals surface area contributed by atoms with Gasteiger partial charge in [0.25, 0.3) is 0 Å². The minimum Gasteiger partial charge on any atom is -0.495 e. The van der Waals surface area contributed by atoms with Crippen LogP contribution < -0.4 is 4.74 Å². The summed E-state index contributed by atoms with van der Waals surface area (Å²) in [4.78, 5) is 7.53. The molecule has 128 valence electrons. The normalized spacial score (nSPS) is 24.3. The Morgan fingerprint density at radius 3 is 2.57 bits per heavy atom. The van der Waals surface area contributed by atoms with Crippen molar-refractivity contribution in [3.05, 3.63) is 27.7 Å². The predicted molar refractivity (Wildman–Crippen MR) is 95.8 cm³/mol. The van der Waals surface area contributed by atoms with E-state index in [0.29, 0.717) is 16.1 Å². The zero-order valence-electron chi connectivity index (χ0n) is 13.9. The van der Waals surface area contributed by atoms with E-state index in [1.165, 1.54) is 32.6 Å². The topological polar surface area (TPSA) is 19.0 Å². The maximum absolute atomic E-state index is 6.24. The van der Waals surface area contributed by atoms with E-state index in [2.05, 4.69) is 21.7 Å². The minimum atomic E-state index is 0.588. The van der Waals surface area contributed by atoms with Crippen molar-refractivity contribution in [2.24, 2.45) is 0 Å². The van der Waals surface area contributed by atoms with Gasteiger partial charge in [0, 0.05) is 62.4 Å². The van der Waals surface area contributed by atoms with E-state index in [0.717, 1.165) is 30.9 Å².